The van der Waals surface area contributed by atoms with Gasteiger partial charge in [0.15, 0.2) is 5.69 Å². The highest BCUT2D eigenvalue weighted by Gasteiger charge is 2.30. The van der Waals surface area contributed by atoms with Crippen LogP contribution in [0.1, 0.15) is 65.7 Å². The maximum Gasteiger partial charge on any atom is 0.272 e. The van der Waals surface area contributed by atoms with Crippen molar-refractivity contribution in [2.24, 2.45) is 0 Å². The van der Waals surface area contributed by atoms with Crippen LogP contribution in [-0.2, 0) is 17.7 Å². The normalized spacial score (nSPS) is 23.4. The van der Waals surface area contributed by atoms with Gasteiger partial charge in [0.2, 0.25) is 0 Å². The van der Waals surface area contributed by atoms with Crippen molar-refractivity contribution < 1.29 is 9.53 Å². The number of H-pyrrole nitrogens is 1. The SMILES string of the molecule is Cc1ccccc1CN1CCC(NC(=O)c2n[nH]c3c2C[C@@H](C)O[C@H]3C)CC1. The molecule has 0 spiro atoms. The molecule has 2 aliphatic rings. The molecule has 1 aromatic carbocycles. The van der Waals surface area contributed by atoms with E-state index in [2.05, 4.69) is 51.6 Å². The standard InChI is InChI=1S/C22H30N4O2/c1-14-6-4-5-7-17(14)13-26-10-8-18(9-11-26)23-22(27)21-19-12-15(2)28-16(3)20(19)24-25-21/h4-7,15-16,18H,8-13H2,1-3H3,(H,23,27)(H,24,25)/t15-,16+/m1/s1. The summed E-state index contributed by atoms with van der Waals surface area (Å²) in [5.74, 6) is -0.0591. The molecule has 0 radical (unpaired) electrons. The molecule has 2 aliphatic heterocycles. The van der Waals surface area contributed by atoms with E-state index in [-0.39, 0.29) is 24.2 Å². The van der Waals surface area contributed by atoms with Crippen LogP contribution in [0.2, 0.25) is 0 Å². The Kier molecular flexibility index (Phi) is 5.51. The van der Waals surface area contributed by atoms with E-state index >= 15 is 0 Å². The predicted molar refractivity (Wildman–Crippen MR) is 108 cm³/mol. The Morgan fingerprint density at radius 3 is 2.79 bits per heavy atom. The maximum atomic E-state index is 12.8. The summed E-state index contributed by atoms with van der Waals surface area (Å²) < 4.78 is 5.82. The number of carbonyl (C=O) groups is 1. The lowest BCUT2D eigenvalue weighted by atomic mass is 9.98. The van der Waals surface area contributed by atoms with Crippen molar-refractivity contribution in [3.05, 3.63) is 52.3 Å². The van der Waals surface area contributed by atoms with E-state index in [4.69, 9.17) is 4.74 Å². The van der Waals surface area contributed by atoms with Gasteiger partial charge in [-0.25, -0.2) is 0 Å². The van der Waals surface area contributed by atoms with Gasteiger partial charge in [0.25, 0.3) is 5.91 Å². The Morgan fingerprint density at radius 1 is 1.29 bits per heavy atom. The minimum Gasteiger partial charge on any atom is -0.369 e. The molecule has 1 aromatic heterocycles. The molecule has 28 heavy (non-hydrogen) atoms. The molecule has 6 heteroatoms. The topological polar surface area (TPSA) is 70.2 Å². The highest BCUT2D eigenvalue weighted by atomic mass is 16.5. The number of likely N-dealkylation sites (tertiary alicyclic amines) is 1. The van der Waals surface area contributed by atoms with E-state index in [1.54, 1.807) is 0 Å². The zero-order chi connectivity index (χ0) is 19.7. The number of amides is 1. The lowest BCUT2D eigenvalue weighted by Crippen LogP contribution is -2.44. The van der Waals surface area contributed by atoms with Crippen molar-refractivity contribution >= 4 is 5.91 Å². The number of nitrogens with one attached hydrogen (secondary N) is 2. The predicted octanol–water partition coefficient (Wildman–Crippen LogP) is 3.13. The fourth-order valence-corrected chi connectivity index (χ4v) is 4.38. The molecule has 0 saturated carbocycles. The number of nitrogens with zero attached hydrogens (tertiary/aromatic N) is 2. The number of piperidine rings is 1. The van der Waals surface area contributed by atoms with Crippen LogP contribution in [0.3, 0.4) is 0 Å². The first-order valence-corrected chi connectivity index (χ1v) is 10.3. The van der Waals surface area contributed by atoms with Gasteiger partial charge in [0.05, 0.1) is 17.9 Å². The van der Waals surface area contributed by atoms with Crippen molar-refractivity contribution in [3.8, 4) is 0 Å². The van der Waals surface area contributed by atoms with Crippen LogP contribution in [0.25, 0.3) is 0 Å². The summed E-state index contributed by atoms with van der Waals surface area (Å²) in [6, 6.07) is 8.77. The minimum absolute atomic E-state index is 0.0440. The Balaban J connectivity index is 1.33. The van der Waals surface area contributed by atoms with Crippen LogP contribution in [0.4, 0.5) is 0 Å². The molecule has 150 valence electrons. The third-order valence-electron chi connectivity index (χ3n) is 6.03. The molecular formula is C22H30N4O2. The second kappa shape index (κ2) is 8.05. The molecule has 0 unspecified atom stereocenters. The summed E-state index contributed by atoms with van der Waals surface area (Å²) in [6.07, 6.45) is 2.74. The van der Waals surface area contributed by atoms with E-state index in [1.165, 1.54) is 11.1 Å². The van der Waals surface area contributed by atoms with Crippen molar-refractivity contribution in [1.29, 1.82) is 0 Å². The highest BCUT2D eigenvalue weighted by Crippen LogP contribution is 2.30. The van der Waals surface area contributed by atoms with Crippen LogP contribution in [-0.4, -0.2) is 46.2 Å². The number of aryl methyl sites for hydroxylation is 1. The molecule has 4 rings (SSSR count). The smallest absolute Gasteiger partial charge is 0.272 e. The molecule has 1 amide bonds. The molecule has 2 N–H and O–H groups in total. The lowest BCUT2D eigenvalue weighted by Gasteiger charge is -2.32. The number of rotatable bonds is 4. The van der Waals surface area contributed by atoms with E-state index in [0.29, 0.717) is 5.69 Å². The second-order valence-corrected chi connectivity index (χ2v) is 8.21. The van der Waals surface area contributed by atoms with Gasteiger partial charge in [0, 0.05) is 37.7 Å². The highest BCUT2D eigenvalue weighted by molar-refractivity contribution is 5.94. The summed E-state index contributed by atoms with van der Waals surface area (Å²) in [5, 5.41) is 10.5. The van der Waals surface area contributed by atoms with Gasteiger partial charge in [-0.15, -0.1) is 0 Å². The molecule has 1 fully saturated rings. The first-order chi connectivity index (χ1) is 13.5. The summed E-state index contributed by atoms with van der Waals surface area (Å²) in [5.41, 5.74) is 5.23. The molecule has 0 bridgehead atoms. The zero-order valence-electron chi connectivity index (χ0n) is 17.0. The Hall–Kier alpha value is -2.18. The van der Waals surface area contributed by atoms with Gasteiger partial charge in [-0.1, -0.05) is 24.3 Å². The van der Waals surface area contributed by atoms with Crippen LogP contribution < -0.4 is 5.32 Å². The molecule has 6 nitrogen and oxygen atoms in total. The van der Waals surface area contributed by atoms with Gasteiger partial charge in [-0.05, 0) is 44.7 Å². The van der Waals surface area contributed by atoms with Crippen LogP contribution in [0, 0.1) is 6.92 Å². The first-order valence-electron chi connectivity index (χ1n) is 10.3. The van der Waals surface area contributed by atoms with Crippen LogP contribution in [0.5, 0.6) is 0 Å². The quantitative estimate of drug-likeness (QED) is 0.852. The van der Waals surface area contributed by atoms with E-state index in [1.807, 2.05) is 13.8 Å². The largest absolute Gasteiger partial charge is 0.369 e. The lowest BCUT2D eigenvalue weighted by molar-refractivity contribution is -0.00697. The van der Waals surface area contributed by atoms with E-state index < -0.39 is 0 Å². The molecule has 3 heterocycles. The van der Waals surface area contributed by atoms with Gasteiger partial charge >= 0.3 is 0 Å². The number of aromatic nitrogens is 2. The zero-order valence-corrected chi connectivity index (χ0v) is 17.0. The van der Waals surface area contributed by atoms with Gasteiger partial charge in [-0.3, -0.25) is 14.8 Å². The number of hydrogen-bond acceptors (Lipinski definition) is 4. The Morgan fingerprint density at radius 2 is 2.04 bits per heavy atom. The summed E-state index contributed by atoms with van der Waals surface area (Å²) in [4.78, 5) is 15.3. The van der Waals surface area contributed by atoms with Crippen molar-refractivity contribution in [2.75, 3.05) is 13.1 Å². The van der Waals surface area contributed by atoms with Gasteiger partial charge in [0.1, 0.15) is 0 Å². The van der Waals surface area contributed by atoms with Crippen LogP contribution in [0.15, 0.2) is 24.3 Å². The summed E-state index contributed by atoms with van der Waals surface area (Å²) in [6.45, 7) is 9.19. The minimum atomic E-state index is -0.0591. The molecule has 2 aromatic rings. The molecule has 0 aliphatic carbocycles. The number of aromatic amines is 1. The van der Waals surface area contributed by atoms with Crippen LogP contribution >= 0.6 is 0 Å². The Bertz CT molecular complexity index is 839. The fraction of sp³-hybridized carbons (Fsp3) is 0.545. The maximum absolute atomic E-state index is 12.8. The molecule has 2 atom stereocenters. The average molecular weight is 383 g/mol. The number of hydrogen-bond donors (Lipinski definition) is 2. The molecule has 1 saturated heterocycles. The second-order valence-electron chi connectivity index (χ2n) is 8.21. The van der Waals surface area contributed by atoms with Gasteiger partial charge in [-0.2, -0.15) is 5.10 Å². The van der Waals surface area contributed by atoms with E-state index in [0.717, 1.165) is 50.2 Å². The van der Waals surface area contributed by atoms with Crippen molar-refractivity contribution in [3.63, 3.8) is 0 Å². The monoisotopic (exact) mass is 382 g/mol. The fourth-order valence-electron chi connectivity index (χ4n) is 4.38. The van der Waals surface area contributed by atoms with Gasteiger partial charge < -0.3 is 10.1 Å². The Labute approximate surface area is 166 Å². The number of fused-ring (bicyclic) bond motifs is 1. The first kappa shape index (κ1) is 19.2. The number of ether oxygens (including phenoxy) is 1. The third-order valence-corrected chi connectivity index (χ3v) is 6.03. The summed E-state index contributed by atoms with van der Waals surface area (Å²) in [7, 11) is 0. The van der Waals surface area contributed by atoms with Crippen molar-refractivity contribution in [2.45, 2.75) is 64.8 Å². The molecular weight excluding hydrogens is 352 g/mol. The summed E-state index contributed by atoms with van der Waals surface area (Å²) >= 11 is 0. The van der Waals surface area contributed by atoms with Crippen molar-refractivity contribution in [1.82, 2.24) is 20.4 Å². The number of benzene rings is 1. The third kappa shape index (κ3) is 3.98. The average Bonchev–Trinajstić information content (AvgIpc) is 3.09. The number of carbonyl (C=O) groups excluding carboxylic acids is 1. The van der Waals surface area contributed by atoms with E-state index in [9.17, 15) is 4.79 Å².